The molecule has 11 atom stereocenters. The van der Waals surface area contributed by atoms with Crippen LogP contribution in [0.3, 0.4) is 0 Å². The van der Waals surface area contributed by atoms with E-state index in [0.29, 0.717) is 17.5 Å². The van der Waals surface area contributed by atoms with Crippen LogP contribution in [-0.2, 0) is 70.4 Å². The molecule has 492 valence electrons. The minimum atomic E-state index is -1.72. The van der Waals surface area contributed by atoms with Crippen molar-refractivity contribution in [2.24, 2.45) is 34.0 Å². The number of aliphatic imine (C=N–C) groups is 1. The van der Waals surface area contributed by atoms with Crippen LogP contribution in [0.5, 0.6) is 11.5 Å². The number of phenolic OH excluding ortho intramolecular Hbond substituents is 2. The zero-order valence-corrected chi connectivity index (χ0v) is 50.9. The number of amides is 11. The van der Waals surface area contributed by atoms with E-state index in [4.69, 9.17) is 17.2 Å². The molecular weight excluding hydrogens is 1170 g/mol. The van der Waals surface area contributed by atoms with Gasteiger partial charge in [0.15, 0.2) is 5.96 Å². The number of carbonyl (C=O) groups excluding carboxylic acids is 11. The number of guanidine groups is 1. The van der Waals surface area contributed by atoms with E-state index < -0.39 is 163 Å². The second-order valence-electron chi connectivity index (χ2n) is 22.3. The molecule has 32 nitrogen and oxygen atoms in total. The quantitative estimate of drug-likeness (QED) is 0.0174. The maximum atomic E-state index is 14.4. The molecule has 0 spiro atoms. The number of carboxylic acid groups (broad SMARTS) is 1. The molecule has 1 aliphatic rings. The second kappa shape index (κ2) is 36.2. The normalized spacial score (nSPS) is 16.2. The van der Waals surface area contributed by atoms with E-state index in [1.54, 1.807) is 27.7 Å². The standard InChI is InChI=1S/C57H87N15O17/c1-28(2)22-39(67-46(78)31(6)64-49(81)37(58)26-73)50(82)65-32(7)47(79)69-41(24-34-14-18-36(76)19-15-34)55(87)72-21-9-11-43(72)53(85)62-25-44(77)63-30(5)48(80)71-45(29(3)4)54(86)70-42(27-74)52(84)68-40(23-33-12-16-35(75)17-13-33)51(83)66-38(56(88)89)10-8-20-61-57(59)60/h12-19,28-32,37-43,45,73-76H,8-11,20-27,58H2,1-7H3,(H,62,85)(H,63,77)(H,64,81)(H,65,82)(H,66,83)(H,67,78)(H,68,84)(H,69,79)(H,70,86)(H,71,80)(H,88,89)(H4,59,60,61)/t30-,31-,32-,37-,38-,39-,40-,41-,42-,43-,45-/m0/s1. The van der Waals surface area contributed by atoms with Crippen molar-refractivity contribution in [3.63, 3.8) is 0 Å². The largest absolute Gasteiger partial charge is 0.508 e. The van der Waals surface area contributed by atoms with Gasteiger partial charge in [0.25, 0.3) is 0 Å². The van der Waals surface area contributed by atoms with Crippen molar-refractivity contribution in [1.29, 1.82) is 0 Å². The molecule has 32 heteroatoms. The Morgan fingerprint density at radius 2 is 1.04 bits per heavy atom. The van der Waals surface area contributed by atoms with Gasteiger partial charge < -0.3 is 101 Å². The lowest BCUT2D eigenvalue weighted by Gasteiger charge is -2.30. The zero-order valence-electron chi connectivity index (χ0n) is 50.9. The van der Waals surface area contributed by atoms with Crippen LogP contribution in [0.15, 0.2) is 53.5 Å². The molecule has 1 heterocycles. The average Bonchev–Trinajstić information content (AvgIpc) is 2.16. The van der Waals surface area contributed by atoms with Crippen LogP contribution < -0.4 is 70.4 Å². The van der Waals surface area contributed by atoms with Crippen molar-refractivity contribution in [3.8, 4) is 11.5 Å². The Labute approximate surface area is 514 Å². The van der Waals surface area contributed by atoms with E-state index in [2.05, 4.69) is 58.2 Å². The maximum absolute atomic E-state index is 14.4. The van der Waals surface area contributed by atoms with Gasteiger partial charge in [-0.3, -0.25) is 57.7 Å². The molecule has 1 saturated heterocycles. The Hall–Kier alpha value is -9.17. The van der Waals surface area contributed by atoms with E-state index >= 15 is 0 Å². The molecular formula is C57H87N15O17. The third kappa shape index (κ3) is 24.9. The fraction of sp³-hybridized carbons (Fsp3) is 0.561. The molecule has 3 rings (SSSR count). The first-order chi connectivity index (χ1) is 41.8. The molecule has 21 N–H and O–H groups in total. The summed E-state index contributed by atoms with van der Waals surface area (Å²) in [6, 6.07) is -3.48. The number of aliphatic carboxylic acids is 1. The van der Waals surface area contributed by atoms with Crippen LogP contribution in [-0.4, -0.2) is 207 Å². The number of nitrogens with two attached hydrogens (primary N) is 3. The SMILES string of the molecule is CC(C)C[C@H](NC(=O)[C@H](C)NC(=O)[C@@H](N)CO)C(=O)N[C@@H](C)C(=O)N[C@@H](Cc1ccc(O)cc1)C(=O)N1CCC[C@H]1C(=O)NCC(=O)N[C@@H](C)C(=O)N[C@H](C(=O)N[C@@H](CO)C(=O)N[C@@H](Cc1ccc(O)cc1)C(=O)N[C@@H](CCCN=C(N)N)C(=O)O)C(C)C. The Kier molecular flexibility index (Phi) is 30.1. The summed E-state index contributed by atoms with van der Waals surface area (Å²) in [6.45, 7) is 8.41. The molecule has 0 bridgehead atoms. The van der Waals surface area contributed by atoms with Gasteiger partial charge in [-0.1, -0.05) is 52.0 Å². The molecule has 0 aliphatic carbocycles. The van der Waals surface area contributed by atoms with Gasteiger partial charge in [-0.2, -0.15) is 0 Å². The highest BCUT2D eigenvalue weighted by molar-refractivity contribution is 5.99. The molecule has 1 aliphatic heterocycles. The van der Waals surface area contributed by atoms with Crippen LogP contribution in [0.1, 0.15) is 91.7 Å². The van der Waals surface area contributed by atoms with Gasteiger partial charge in [-0.15, -0.1) is 0 Å². The van der Waals surface area contributed by atoms with E-state index in [-0.39, 0.29) is 75.0 Å². The van der Waals surface area contributed by atoms with Crippen molar-refractivity contribution in [1.82, 2.24) is 58.1 Å². The lowest BCUT2D eigenvalue weighted by molar-refractivity contribution is -0.142. The van der Waals surface area contributed by atoms with Crippen molar-refractivity contribution < 1.29 is 83.1 Å². The van der Waals surface area contributed by atoms with Gasteiger partial charge in [-0.05, 0) is 100 Å². The lowest BCUT2D eigenvalue weighted by atomic mass is 10.0. The number of benzene rings is 2. The lowest BCUT2D eigenvalue weighted by Crippen LogP contribution is -2.60. The summed E-state index contributed by atoms with van der Waals surface area (Å²) in [5, 5.41) is 73.7. The highest BCUT2D eigenvalue weighted by atomic mass is 16.4. The van der Waals surface area contributed by atoms with E-state index in [1.165, 1.54) is 74.2 Å². The summed E-state index contributed by atoms with van der Waals surface area (Å²) in [6.07, 6.45) is 0.276. The number of rotatable bonds is 35. The molecule has 0 saturated carbocycles. The fourth-order valence-electron chi connectivity index (χ4n) is 9.01. The molecule has 1 fully saturated rings. The van der Waals surface area contributed by atoms with E-state index in [0.717, 1.165) is 0 Å². The van der Waals surface area contributed by atoms with Crippen LogP contribution in [0.4, 0.5) is 0 Å². The zero-order chi connectivity index (χ0) is 66.8. The first-order valence-corrected chi connectivity index (χ1v) is 29.0. The number of carboxylic acids is 1. The van der Waals surface area contributed by atoms with Crippen LogP contribution in [0.2, 0.25) is 0 Å². The van der Waals surface area contributed by atoms with Crippen molar-refractivity contribution >= 4 is 76.9 Å². The number of carbonyl (C=O) groups is 12. The molecule has 11 amide bonds. The van der Waals surface area contributed by atoms with Crippen molar-refractivity contribution in [2.45, 2.75) is 160 Å². The van der Waals surface area contributed by atoms with Gasteiger partial charge in [0.05, 0.1) is 19.8 Å². The Bertz CT molecular complexity index is 2820. The summed E-state index contributed by atoms with van der Waals surface area (Å²) in [5.41, 5.74) is 17.1. The minimum Gasteiger partial charge on any atom is -0.508 e. The maximum Gasteiger partial charge on any atom is 0.326 e. The Morgan fingerprint density at radius 3 is 1.56 bits per heavy atom. The minimum absolute atomic E-state index is 0.0579. The summed E-state index contributed by atoms with van der Waals surface area (Å²) in [4.78, 5) is 166. The van der Waals surface area contributed by atoms with Crippen LogP contribution in [0, 0.1) is 11.8 Å². The smallest absolute Gasteiger partial charge is 0.326 e. The van der Waals surface area contributed by atoms with Gasteiger partial charge in [0.2, 0.25) is 65.0 Å². The topological polar surface area (TPSA) is 520 Å². The number of nitrogens with one attached hydrogen (secondary N) is 10. The first kappa shape index (κ1) is 74.1. The number of hydrogen-bond acceptors (Lipinski definition) is 18. The number of aliphatic hydroxyl groups is 2. The highest BCUT2D eigenvalue weighted by Gasteiger charge is 2.40. The summed E-state index contributed by atoms with van der Waals surface area (Å²) in [7, 11) is 0. The fourth-order valence-corrected chi connectivity index (χ4v) is 9.01. The Morgan fingerprint density at radius 1 is 0.573 bits per heavy atom. The van der Waals surface area contributed by atoms with Gasteiger partial charge in [0, 0.05) is 25.9 Å². The first-order valence-electron chi connectivity index (χ1n) is 29.0. The summed E-state index contributed by atoms with van der Waals surface area (Å²) in [5.74, 6) is -11.9. The van der Waals surface area contributed by atoms with E-state index in [1.807, 2.05) is 0 Å². The molecule has 2 aromatic rings. The summed E-state index contributed by atoms with van der Waals surface area (Å²) < 4.78 is 0. The van der Waals surface area contributed by atoms with Gasteiger partial charge in [-0.25, -0.2) is 4.79 Å². The summed E-state index contributed by atoms with van der Waals surface area (Å²) >= 11 is 0. The number of hydrogen-bond donors (Lipinski definition) is 18. The third-order valence-corrected chi connectivity index (χ3v) is 14.0. The highest BCUT2D eigenvalue weighted by Crippen LogP contribution is 2.21. The van der Waals surface area contributed by atoms with Crippen molar-refractivity contribution in [2.75, 3.05) is 32.8 Å². The van der Waals surface area contributed by atoms with Crippen LogP contribution in [0.25, 0.3) is 0 Å². The monoisotopic (exact) mass is 1250 g/mol. The molecule has 0 unspecified atom stereocenters. The number of likely N-dealkylation sites (tertiary alicyclic amines) is 1. The molecule has 89 heavy (non-hydrogen) atoms. The predicted octanol–water partition coefficient (Wildman–Crippen LogP) is -5.43. The molecule has 2 aromatic carbocycles. The van der Waals surface area contributed by atoms with Crippen molar-refractivity contribution in [3.05, 3.63) is 59.7 Å². The number of aliphatic hydroxyl groups excluding tert-OH is 2. The Balaban J connectivity index is 1.67. The number of aromatic hydroxyl groups is 2. The average molecular weight is 1250 g/mol. The van der Waals surface area contributed by atoms with Gasteiger partial charge >= 0.3 is 5.97 Å². The van der Waals surface area contributed by atoms with Crippen LogP contribution >= 0.6 is 0 Å². The van der Waals surface area contributed by atoms with Gasteiger partial charge in [0.1, 0.15) is 78.0 Å². The second-order valence-corrected chi connectivity index (χ2v) is 22.3. The number of phenols is 2. The molecule has 0 radical (unpaired) electrons. The predicted molar refractivity (Wildman–Crippen MR) is 320 cm³/mol. The van der Waals surface area contributed by atoms with E-state index in [9.17, 15) is 83.1 Å². The molecule has 0 aromatic heterocycles. The number of nitrogens with zero attached hydrogens (tertiary/aromatic N) is 2. The third-order valence-electron chi connectivity index (χ3n) is 14.0.